The fourth-order valence-corrected chi connectivity index (χ4v) is 2.95. The van der Waals surface area contributed by atoms with Gasteiger partial charge in [-0.2, -0.15) is 5.10 Å². The normalized spacial score (nSPS) is 18.8. The Hall–Kier alpha value is -2.06. The van der Waals surface area contributed by atoms with E-state index in [2.05, 4.69) is 17.1 Å². The van der Waals surface area contributed by atoms with Gasteiger partial charge in [-0.3, -0.25) is 9.69 Å². The number of thiophene rings is 1. The molecule has 1 fully saturated rings. The number of carbonyl (C=O) groups excluding carboxylic acids is 1. The van der Waals surface area contributed by atoms with Crippen LogP contribution in [0.3, 0.4) is 0 Å². The van der Waals surface area contributed by atoms with Crippen LogP contribution in [0.15, 0.2) is 29.8 Å². The van der Waals surface area contributed by atoms with Gasteiger partial charge in [0.1, 0.15) is 5.82 Å². The lowest BCUT2D eigenvalue weighted by molar-refractivity contribution is -0.117. The van der Waals surface area contributed by atoms with Crippen molar-refractivity contribution in [3.05, 3.63) is 34.7 Å². The minimum atomic E-state index is 0.0117. The second kappa shape index (κ2) is 4.90. The third-order valence-electron chi connectivity index (χ3n) is 3.22. The Morgan fingerprint density at radius 3 is 3.11 bits per heavy atom. The topological polar surface area (TPSA) is 38.1 Å². The molecule has 0 aromatic carbocycles. The molecule has 1 aliphatic heterocycles. The molecule has 2 aromatic rings. The predicted octanol–water partition coefficient (Wildman–Crippen LogP) is 1.98. The zero-order valence-electron chi connectivity index (χ0n) is 10.3. The largest absolute Gasteiger partial charge is 0.296 e. The van der Waals surface area contributed by atoms with Crippen LogP contribution in [0.5, 0.6) is 0 Å². The van der Waals surface area contributed by atoms with Crippen molar-refractivity contribution in [2.75, 3.05) is 11.4 Å². The zero-order valence-corrected chi connectivity index (χ0v) is 11.1. The molecule has 1 saturated heterocycles. The summed E-state index contributed by atoms with van der Waals surface area (Å²) >= 11 is 1.68. The lowest BCUT2D eigenvalue weighted by Gasteiger charge is -2.17. The minimum absolute atomic E-state index is 0.0117. The molecule has 3 rings (SSSR count). The SMILES string of the molecule is C#CC1CC(=O)N(c2ccnn2Cc2cccs2)C1. The minimum Gasteiger partial charge on any atom is -0.296 e. The summed E-state index contributed by atoms with van der Waals surface area (Å²) < 4.78 is 1.85. The molecule has 2 aromatic heterocycles. The molecule has 0 bridgehead atoms. The van der Waals surface area contributed by atoms with E-state index in [1.54, 1.807) is 22.4 Å². The van der Waals surface area contributed by atoms with Gasteiger partial charge in [0.2, 0.25) is 5.91 Å². The van der Waals surface area contributed by atoms with E-state index in [9.17, 15) is 4.79 Å². The van der Waals surface area contributed by atoms with Gasteiger partial charge in [-0.1, -0.05) is 6.07 Å². The first kappa shape index (κ1) is 12.0. The molecule has 5 heteroatoms. The summed E-state index contributed by atoms with van der Waals surface area (Å²) in [6.45, 7) is 1.27. The fourth-order valence-electron chi connectivity index (χ4n) is 2.27. The molecule has 1 aliphatic rings. The van der Waals surface area contributed by atoms with Crippen molar-refractivity contribution in [2.45, 2.75) is 13.0 Å². The van der Waals surface area contributed by atoms with Gasteiger partial charge in [-0.15, -0.1) is 23.7 Å². The third kappa shape index (κ3) is 2.27. The van der Waals surface area contributed by atoms with E-state index in [1.807, 2.05) is 22.2 Å². The van der Waals surface area contributed by atoms with Crippen molar-refractivity contribution >= 4 is 23.1 Å². The van der Waals surface area contributed by atoms with Crippen LogP contribution in [0.1, 0.15) is 11.3 Å². The van der Waals surface area contributed by atoms with Crippen LogP contribution in [0, 0.1) is 18.3 Å². The predicted molar refractivity (Wildman–Crippen MR) is 74.9 cm³/mol. The summed E-state index contributed by atoms with van der Waals surface area (Å²) in [7, 11) is 0. The van der Waals surface area contributed by atoms with E-state index < -0.39 is 0 Å². The monoisotopic (exact) mass is 271 g/mol. The summed E-state index contributed by atoms with van der Waals surface area (Å²) in [4.78, 5) is 14.9. The van der Waals surface area contributed by atoms with Gasteiger partial charge in [-0.05, 0) is 11.4 Å². The van der Waals surface area contributed by atoms with Crippen LogP contribution in [-0.4, -0.2) is 22.2 Å². The fraction of sp³-hybridized carbons (Fsp3) is 0.286. The number of hydrogen-bond donors (Lipinski definition) is 0. The smallest absolute Gasteiger partial charge is 0.229 e. The van der Waals surface area contributed by atoms with Gasteiger partial charge in [0, 0.05) is 29.8 Å². The molecule has 0 radical (unpaired) electrons. The number of hydrogen-bond acceptors (Lipinski definition) is 3. The van der Waals surface area contributed by atoms with Gasteiger partial charge in [0.05, 0.1) is 12.7 Å². The Morgan fingerprint density at radius 2 is 2.42 bits per heavy atom. The van der Waals surface area contributed by atoms with Gasteiger partial charge in [0.25, 0.3) is 0 Å². The second-order valence-corrected chi connectivity index (χ2v) is 5.53. The van der Waals surface area contributed by atoms with Crippen LogP contribution in [0.25, 0.3) is 0 Å². The quantitative estimate of drug-likeness (QED) is 0.801. The van der Waals surface area contributed by atoms with Gasteiger partial charge < -0.3 is 0 Å². The highest BCUT2D eigenvalue weighted by atomic mass is 32.1. The number of aromatic nitrogens is 2. The highest BCUT2D eigenvalue weighted by molar-refractivity contribution is 7.09. The molecule has 4 nitrogen and oxygen atoms in total. The summed E-state index contributed by atoms with van der Waals surface area (Å²) in [6, 6.07) is 5.94. The highest BCUT2D eigenvalue weighted by Crippen LogP contribution is 2.25. The number of anilines is 1. The maximum atomic E-state index is 12.0. The zero-order chi connectivity index (χ0) is 13.2. The molecule has 1 atom stereocenters. The van der Waals surface area contributed by atoms with E-state index in [4.69, 9.17) is 6.42 Å². The van der Waals surface area contributed by atoms with Crippen molar-refractivity contribution < 1.29 is 4.79 Å². The molecule has 1 amide bonds. The van der Waals surface area contributed by atoms with Gasteiger partial charge >= 0.3 is 0 Å². The number of nitrogens with zero attached hydrogens (tertiary/aromatic N) is 3. The second-order valence-electron chi connectivity index (χ2n) is 4.50. The highest BCUT2D eigenvalue weighted by Gasteiger charge is 2.31. The lowest BCUT2D eigenvalue weighted by Crippen LogP contribution is -2.27. The van der Waals surface area contributed by atoms with Crippen LogP contribution < -0.4 is 4.90 Å². The standard InChI is InChI=1S/C14H13N3OS/c1-2-11-8-14(18)16(9-11)13-5-6-15-17(13)10-12-4-3-7-19-12/h1,3-7,11H,8-10H2. The Kier molecular flexibility index (Phi) is 3.10. The van der Waals surface area contributed by atoms with Crippen LogP contribution in [-0.2, 0) is 11.3 Å². The van der Waals surface area contributed by atoms with E-state index >= 15 is 0 Å². The maximum absolute atomic E-state index is 12.0. The summed E-state index contributed by atoms with van der Waals surface area (Å²) in [6.07, 6.45) is 7.56. The van der Waals surface area contributed by atoms with Crippen molar-refractivity contribution in [1.29, 1.82) is 0 Å². The molecule has 0 saturated carbocycles. The third-order valence-corrected chi connectivity index (χ3v) is 4.08. The summed E-state index contributed by atoms with van der Waals surface area (Å²) in [5.74, 6) is 3.58. The molecule has 3 heterocycles. The molecule has 0 N–H and O–H groups in total. The maximum Gasteiger partial charge on any atom is 0.229 e. The van der Waals surface area contributed by atoms with Crippen LogP contribution in [0.2, 0.25) is 0 Å². The average molecular weight is 271 g/mol. The van der Waals surface area contributed by atoms with E-state index in [0.29, 0.717) is 19.5 Å². The van der Waals surface area contributed by atoms with Crippen molar-refractivity contribution in [1.82, 2.24) is 9.78 Å². The average Bonchev–Trinajstić information content (AvgIpc) is 3.10. The molecule has 96 valence electrons. The summed E-state index contributed by atoms with van der Waals surface area (Å²) in [5.41, 5.74) is 0. The number of terminal acetylenes is 1. The summed E-state index contributed by atoms with van der Waals surface area (Å²) in [5, 5.41) is 6.33. The van der Waals surface area contributed by atoms with Gasteiger partial charge in [0.15, 0.2) is 0 Å². The molecule has 0 aliphatic carbocycles. The van der Waals surface area contributed by atoms with E-state index in [0.717, 1.165) is 5.82 Å². The molecular formula is C14H13N3OS. The van der Waals surface area contributed by atoms with Crippen molar-refractivity contribution in [3.8, 4) is 12.3 Å². The Morgan fingerprint density at radius 1 is 1.53 bits per heavy atom. The number of carbonyl (C=O) groups is 1. The first-order chi connectivity index (χ1) is 9.28. The van der Waals surface area contributed by atoms with Crippen molar-refractivity contribution in [3.63, 3.8) is 0 Å². The van der Waals surface area contributed by atoms with Gasteiger partial charge in [-0.25, -0.2) is 4.68 Å². The first-order valence-corrected chi connectivity index (χ1v) is 6.96. The van der Waals surface area contributed by atoms with Crippen LogP contribution in [0.4, 0.5) is 5.82 Å². The molecule has 19 heavy (non-hydrogen) atoms. The molecule has 1 unspecified atom stereocenters. The van der Waals surface area contributed by atoms with E-state index in [-0.39, 0.29) is 11.8 Å². The Bertz CT molecular complexity index is 623. The van der Waals surface area contributed by atoms with Crippen LogP contribution >= 0.6 is 11.3 Å². The molecule has 0 spiro atoms. The molecular weight excluding hydrogens is 258 g/mol. The number of rotatable bonds is 3. The Balaban J connectivity index is 1.84. The lowest BCUT2D eigenvalue weighted by atomic mass is 10.1. The van der Waals surface area contributed by atoms with Crippen molar-refractivity contribution in [2.24, 2.45) is 5.92 Å². The van der Waals surface area contributed by atoms with E-state index in [1.165, 1.54) is 4.88 Å². The first-order valence-electron chi connectivity index (χ1n) is 6.08. The Labute approximate surface area is 115 Å². The number of amides is 1.